The largest absolute Gasteiger partial charge is 0.409 e. The van der Waals surface area contributed by atoms with E-state index in [0.29, 0.717) is 0 Å². The Morgan fingerprint density at radius 2 is 2.21 bits per heavy atom. The Kier molecular flexibility index (Phi) is 2.74. The lowest BCUT2D eigenvalue weighted by Crippen LogP contribution is -2.35. The molecule has 0 bridgehead atoms. The quantitative estimate of drug-likeness (QED) is 0.323. The topological polar surface area (TPSA) is 71.5 Å². The zero-order valence-electron chi connectivity index (χ0n) is 8.65. The summed E-state index contributed by atoms with van der Waals surface area (Å²) in [6, 6.07) is 3.79. The van der Waals surface area contributed by atoms with Crippen LogP contribution in [0.5, 0.6) is 0 Å². The van der Waals surface area contributed by atoms with Crippen LogP contribution in [0.2, 0.25) is 0 Å². The third kappa shape index (κ3) is 1.84. The predicted molar refractivity (Wildman–Crippen MR) is 55.4 cm³/mol. The average molecular weight is 193 g/mol. The molecule has 1 aromatic rings. The van der Waals surface area contributed by atoms with E-state index in [1.54, 1.807) is 6.20 Å². The fourth-order valence-corrected chi connectivity index (χ4v) is 1.21. The van der Waals surface area contributed by atoms with E-state index in [4.69, 9.17) is 10.9 Å². The molecule has 0 aliphatic heterocycles. The molecule has 0 aromatic carbocycles. The number of nitrogens with zero attached hydrogens (tertiary/aromatic N) is 2. The summed E-state index contributed by atoms with van der Waals surface area (Å²) in [4.78, 5) is 4.10. The summed E-state index contributed by atoms with van der Waals surface area (Å²) in [5, 5.41) is 11.7. The third-order valence-corrected chi connectivity index (χ3v) is 2.37. The highest BCUT2D eigenvalue weighted by molar-refractivity contribution is 5.90. The zero-order chi connectivity index (χ0) is 10.8. The molecule has 76 valence electrons. The van der Waals surface area contributed by atoms with Crippen LogP contribution in [0, 0.1) is 6.92 Å². The van der Waals surface area contributed by atoms with Gasteiger partial charge >= 0.3 is 0 Å². The first kappa shape index (κ1) is 10.5. The molecule has 0 atom stereocenters. The number of rotatable bonds is 2. The molecule has 0 saturated heterocycles. The van der Waals surface area contributed by atoms with E-state index in [-0.39, 0.29) is 5.84 Å². The van der Waals surface area contributed by atoms with Crippen LogP contribution in [0.15, 0.2) is 23.5 Å². The lowest BCUT2D eigenvalue weighted by molar-refractivity contribution is 0.313. The van der Waals surface area contributed by atoms with Gasteiger partial charge in [-0.2, -0.15) is 0 Å². The second-order valence-electron chi connectivity index (χ2n) is 3.80. The first-order valence-corrected chi connectivity index (χ1v) is 4.39. The first-order valence-electron chi connectivity index (χ1n) is 4.39. The highest BCUT2D eigenvalue weighted by Crippen LogP contribution is 2.23. The van der Waals surface area contributed by atoms with Crippen LogP contribution in [0.25, 0.3) is 0 Å². The number of oxime groups is 1. The molecule has 1 aromatic heterocycles. The summed E-state index contributed by atoms with van der Waals surface area (Å²) in [5.41, 5.74) is 7.05. The van der Waals surface area contributed by atoms with Gasteiger partial charge in [0.2, 0.25) is 0 Å². The van der Waals surface area contributed by atoms with Crippen LogP contribution in [0.4, 0.5) is 0 Å². The van der Waals surface area contributed by atoms with Crippen molar-refractivity contribution in [3.05, 3.63) is 29.6 Å². The number of amidine groups is 1. The van der Waals surface area contributed by atoms with E-state index in [1.165, 1.54) is 0 Å². The Morgan fingerprint density at radius 3 is 2.71 bits per heavy atom. The number of pyridine rings is 1. The standard InChI is InChI=1S/C10H15N3O/c1-7-6-8(4-5-12-7)10(2,3)9(11)13-14/h4-6,14H,1-3H3,(H2,11,13). The summed E-state index contributed by atoms with van der Waals surface area (Å²) < 4.78 is 0. The van der Waals surface area contributed by atoms with Gasteiger partial charge in [-0.05, 0) is 38.5 Å². The van der Waals surface area contributed by atoms with Crippen molar-refractivity contribution < 1.29 is 5.21 Å². The Balaban J connectivity index is 3.16. The van der Waals surface area contributed by atoms with Crippen molar-refractivity contribution >= 4 is 5.84 Å². The minimum atomic E-state index is -0.470. The number of nitrogens with two attached hydrogens (primary N) is 1. The summed E-state index contributed by atoms with van der Waals surface area (Å²) in [6.07, 6.45) is 1.72. The second kappa shape index (κ2) is 3.65. The number of aryl methyl sites for hydroxylation is 1. The minimum absolute atomic E-state index is 0.197. The second-order valence-corrected chi connectivity index (χ2v) is 3.80. The van der Waals surface area contributed by atoms with Gasteiger partial charge in [0, 0.05) is 11.9 Å². The van der Waals surface area contributed by atoms with E-state index in [1.807, 2.05) is 32.9 Å². The smallest absolute Gasteiger partial charge is 0.149 e. The van der Waals surface area contributed by atoms with Crippen LogP contribution < -0.4 is 5.73 Å². The molecule has 0 saturated carbocycles. The molecule has 4 heteroatoms. The average Bonchev–Trinajstić information content (AvgIpc) is 2.16. The lowest BCUT2D eigenvalue weighted by Gasteiger charge is -2.23. The number of hydrogen-bond acceptors (Lipinski definition) is 3. The van der Waals surface area contributed by atoms with Gasteiger partial charge in [0.15, 0.2) is 0 Å². The Labute approximate surface area is 83.5 Å². The molecule has 14 heavy (non-hydrogen) atoms. The van der Waals surface area contributed by atoms with Gasteiger partial charge in [-0.1, -0.05) is 5.16 Å². The number of hydrogen-bond donors (Lipinski definition) is 2. The van der Waals surface area contributed by atoms with Crippen molar-refractivity contribution in [1.82, 2.24) is 4.98 Å². The van der Waals surface area contributed by atoms with Crippen molar-refractivity contribution in [2.45, 2.75) is 26.2 Å². The van der Waals surface area contributed by atoms with Gasteiger partial charge < -0.3 is 10.9 Å². The zero-order valence-corrected chi connectivity index (χ0v) is 8.65. The molecular formula is C10H15N3O. The van der Waals surface area contributed by atoms with Crippen molar-refractivity contribution in [2.75, 3.05) is 0 Å². The normalized spacial score (nSPS) is 12.9. The molecule has 0 spiro atoms. The van der Waals surface area contributed by atoms with Crippen LogP contribution in [0.1, 0.15) is 25.1 Å². The molecule has 0 radical (unpaired) electrons. The molecule has 0 amide bonds. The van der Waals surface area contributed by atoms with Gasteiger partial charge in [0.25, 0.3) is 0 Å². The fourth-order valence-electron chi connectivity index (χ4n) is 1.21. The van der Waals surface area contributed by atoms with E-state index in [9.17, 15) is 0 Å². The van der Waals surface area contributed by atoms with Crippen molar-refractivity contribution in [3.63, 3.8) is 0 Å². The van der Waals surface area contributed by atoms with Crippen molar-refractivity contribution in [3.8, 4) is 0 Å². The molecular weight excluding hydrogens is 178 g/mol. The van der Waals surface area contributed by atoms with Gasteiger partial charge in [-0.15, -0.1) is 0 Å². The minimum Gasteiger partial charge on any atom is -0.409 e. The summed E-state index contributed by atoms with van der Waals surface area (Å²) in [7, 11) is 0. The molecule has 0 aliphatic carbocycles. The van der Waals surface area contributed by atoms with Gasteiger partial charge in [0.05, 0.1) is 5.41 Å². The maximum atomic E-state index is 8.65. The van der Waals surface area contributed by atoms with Crippen molar-refractivity contribution in [1.29, 1.82) is 0 Å². The Morgan fingerprint density at radius 1 is 1.57 bits per heavy atom. The fraction of sp³-hybridized carbons (Fsp3) is 0.400. The molecule has 0 unspecified atom stereocenters. The van der Waals surface area contributed by atoms with Crippen LogP contribution in [-0.4, -0.2) is 16.0 Å². The molecule has 3 N–H and O–H groups in total. The van der Waals surface area contributed by atoms with Crippen molar-refractivity contribution in [2.24, 2.45) is 10.9 Å². The SMILES string of the molecule is Cc1cc(C(C)(C)C(N)=NO)ccn1. The molecule has 0 aliphatic rings. The highest BCUT2D eigenvalue weighted by atomic mass is 16.4. The van der Waals surface area contributed by atoms with Crippen LogP contribution >= 0.6 is 0 Å². The molecule has 1 heterocycles. The molecule has 4 nitrogen and oxygen atoms in total. The maximum absolute atomic E-state index is 8.65. The molecule has 0 fully saturated rings. The predicted octanol–water partition coefficient (Wildman–Crippen LogP) is 1.41. The van der Waals surface area contributed by atoms with E-state index in [2.05, 4.69) is 10.1 Å². The van der Waals surface area contributed by atoms with Crippen LogP contribution in [-0.2, 0) is 5.41 Å². The lowest BCUT2D eigenvalue weighted by atomic mass is 9.84. The van der Waals surface area contributed by atoms with Gasteiger partial charge in [-0.3, -0.25) is 4.98 Å². The number of aromatic nitrogens is 1. The van der Waals surface area contributed by atoms with E-state index < -0.39 is 5.41 Å². The monoisotopic (exact) mass is 193 g/mol. The third-order valence-electron chi connectivity index (χ3n) is 2.37. The van der Waals surface area contributed by atoms with Gasteiger partial charge in [0.1, 0.15) is 5.84 Å². The highest BCUT2D eigenvalue weighted by Gasteiger charge is 2.26. The van der Waals surface area contributed by atoms with E-state index in [0.717, 1.165) is 11.3 Å². The maximum Gasteiger partial charge on any atom is 0.149 e. The summed E-state index contributed by atoms with van der Waals surface area (Å²) in [5.74, 6) is 0.197. The van der Waals surface area contributed by atoms with E-state index >= 15 is 0 Å². The Bertz CT molecular complexity index is 358. The molecule has 1 rings (SSSR count). The summed E-state index contributed by atoms with van der Waals surface area (Å²) >= 11 is 0. The van der Waals surface area contributed by atoms with Crippen LogP contribution in [0.3, 0.4) is 0 Å². The van der Waals surface area contributed by atoms with Gasteiger partial charge in [-0.25, -0.2) is 0 Å². The first-order chi connectivity index (χ1) is 6.48. The summed E-state index contributed by atoms with van der Waals surface area (Å²) in [6.45, 7) is 5.71. The Hall–Kier alpha value is -1.58.